The van der Waals surface area contributed by atoms with Crippen LogP contribution in [0.1, 0.15) is 11.1 Å². The molecule has 13 heavy (non-hydrogen) atoms. The molecule has 0 aromatic heterocycles. The van der Waals surface area contributed by atoms with E-state index >= 15 is 0 Å². The summed E-state index contributed by atoms with van der Waals surface area (Å²) in [6, 6.07) is 5.92. The highest BCUT2D eigenvalue weighted by Crippen LogP contribution is 2.28. The third-order valence-electron chi connectivity index (χ3n) is 2.47. The maximum atomic E-state index is 9.07. The number of anilines is 1. The molecule has 1 aromatic carbocycles. The summed E-state index contributed by atoms with van der Waals surface area (Å²) < 4.78 is 0. The summed E-state index contributed by atoms with van der Waals surface area (Å²) in [7, 11) is 0. The number of benzene rings is 1. The normalized spacial score (nSPS) is 19.7. The molecule has 3 N–H and O–H groups in total. The maximum Gasteiger partial charge on any atom is 0.0685 e. The fourth-order valence-electron chi connectivity index (χ4n) is 1.79. The van der Waals surface area contributed by atoms with Gasteiger partial charge in [-0.15, -0.1) is 0 Å². The van der Waals surface area contributed by atoms with Crippen LogP contribution in [0, 0.1) is 0 Å². The van der Waals surface area contributed by atoms with Gasteiger partial charge in [0.25, 0.3) is 0 Å². The van der Waals surface area contributed by atoms with Crippen LogP contribution < -0.4 is 5.32 Å². The third kappa shape index (κ3) is 1.41. The Balaban J connectivity index is 2.33. The van der Waals surface area contributed by atoms with E-state index in [2.05, 4.69) is 5.32 Å². The minimum absolute atomic E-state index is 0.0724. The van der Waals surface area contributed by atoms with Gasteiger partial charge in [-0.25, -0.2) is 0 Å². The Kier molecular flexibility index (Phi) is 2.20. The van der Waals surface area contributed by atoms with Crippen molar-refractivity contribution < 1.29 is 10.2 Å². The van der Waals surface area contributed by atoms with Crippen molar-refractivity contribution in [1.82, 2.24) is 0 Å². The van der Waals surface area contributed by atoms with Crippen molar-refractivity contribution in [2.45, 2.75) is 19.1 Å². The van der Waals surface area contributed by atoms with Crippen LogP contribution in [0.3, 0.4) is 0 Å². The van der Waals surface area contributed by atoms with Crippen LogP contribution >= 0.6 is 0 Å². The molecule has 2 rings (SSSR count). The smallest absolute Gasteiger partial charge is 0.0685 e. The van der Waals surface area contributed by atoms with Gasteiger partial charge in [0, 0.05) is 5.69 Å². The van der Waals surface area contributed by atoms with E-state index in [1.807, 2.05) is 18.2 Å². The van der Waals surface area contributed by atoms with Crippen LogP contribution in [-0.4, -0.2) is 22.9 Å². The van der Waals surface area contributed by atoms with Crippen molar-refractivity contribution >= 4 is 5.69 Å². The van der Waals surface area contributed by atoms with Gasteiger partial charge in [-0.05, 0) is 23.6 Å². The maximum absolute atomic E-state index is 9.07. The zero-order chi connectivity index (χ0) is 9.26. The molecule has 0 bridgehead atoms. The van der Waals surface area contributed by atoms with E-state index in [0.717, 1.165) is 23.2 Å². The highest BCUT2D eigenvalue weighted by Gasteiger charge is 2.21. The Morgan fingerprint density at radius 3 is 2.92 bits per heavy atom. The lowest BCUT2D eigenvalue weighted by atomic mass is 10.0. The fraction of sp³-hybridized carbons (Fsp3) is 0.400. The number of fused-ring (bicyclic) bond motifs is 1. The first-order valence-corrected chi connectivity index (χ1v) is 4.44. The van der Waals surface area contributed by atoms with Crippen LogP contribution in [0.4, 0.5) is 5.69 Å². The molecular formula is C10H13NO2. The predicted molar refractivity (Wildman–Crippen MR) is 50.6 cm³/mol. The number of hydrogen-bond acceptors (Lipinski definition) is 3. The van der Waals surface area contributed by atoms with Crippen molar-refractivity contribution in [3.05, 3.63) is 29.3 Å². The second-order valence-corrected chi connectivity index (χ2v) is 3.33. The van der Waals surface area contributed by atoms with Gasteiger partial charge in [-0.2, -0.15) is 0 Å². The molecule has 1 aromatic rings. The molecule has 0 aliphatic carbocycles. The molecule has 1 aliphatic heterocycles. The Hall–Kier alpha value is -1.06. The highest BCUT2D eigenvalue weighted by atomic mass is 16.3. The first-order valence-electron chi connectivity index (χ1n) is 4.44. The minimum Gasteiger partial charge on any atom is -0.394 e. The third-order valence-corrected chi connectivity index (χ3v) is 2.47. The van der Waals surface area contributed by atoms with E-state index in [1.54, 1.807) is 0 Å². The van der Waals surface area contributed by atoms with E-state index in [9.17, 15) is 0 Å². The standard InChI is InChI=1S/C10H13NO2/c12-5-7-2-1-3-10-9(7)4-8(6-13)11-10/h1-3,8,11-13H,4-6H2. The zero-order valence-electron chi connectivity index (χ0n) is 7.33. The van der Waals surface area contributed by atoms with Crippen LogP contribution in [0.15, 0.2) is 18.2 Å². The molecule has 0 fully saturated rings. The fourth-order valence-corrected chi connectivity index (χ4v) is 1.79. The van der Waals surface area contributed by atoms with Gasteiger partial charge in [0.15, 0.2) is 0 Å². The summed E-state index contributed by atoms with van der Waals surface area (Å²) in [6.07, 6.45) is 0.808. The van der Waals surface area contributed by atoms with E-state index in [4.69, 9.17) is 10.2 Å². The number of aliphatic hydroxyl groups is 2. The lowest BCUT2D eigenvalue weighted by Gasteiger charge is -2.04. The molecule has 1 atom stereocenters. The average molecular weight is 179 g/mol. The molecule has 3 heteroatoms. The number of aliphatic hydroxyl groups excluding tert-OH is 2. The summed E-state index contributed by atoms with van der Waals surface area (Å²) in [5.74, 6) is 0. The number of nitrogens with one attached hydrogen (secondary N) is 1. The van der Waals surface area contributed by atoms with Gasteiger partial charge in [-0.3, -0.25) is 0 Å². The lowest BCUT2D eigenvalue weighted by Crippen LogP contribution is -2.19. The number of hydrogen-bond donors (Lipinski definition) is 3. The molecule has 1 heterocycles. The Morgan fingerprint density at radius 2 is 2.23 bits per heavy atom. The first-order chi connectivity index (χ1) is 6.35. The van der Waals surface area contributed by atoms with Crippen molar-refractivity contribution in [3.63, 3.8) is 0 Å². The van der Waals surface area contributed by atoms with Crippen LogP contribution in [0.2, 0.25) is 0 Å². The van der Waals surface area contributed by atoms with Crippen molar-refractivity contribution in [1.29, 1.82) is 0 Å². The van der Waals surface area contributed by atoms with Crippen LogP contribution in [0.5, 0.6) is 0 Å². The average Bonchev–Trinajstić information content (AvgIpc) is 2.59. The second kappa shape index (κ2) is 3.36. The van der Waals surface area contributed by atoms with Crippen molar-refractivity contribution in [2.24, 2.45) is 0 Å². The zero-order valence-corrected chi connectivity index (χ0v) is 7.33. The summed E-state index contributed by atoms with van der Waals surface area (Å²) in [5, 5.41) is 21.2. The van der Waals surface area contributed by atoms with Gasteiger partial charge >= 0.3 is 0 Å². The SMILES string of the molecule is OCc1cccc2c1CC(CO)N2. The summed E-state index contributed by atoms with van der Waals surface area (Å²) in [4.78, 5) is 0. The molecule has 0 radical (unpaired) electrons. The first kappa shape index (κ1) is 8.53. The molecule has 70 valence electrons. The summed E-state index contributed by atoms with van der Waals surface area (Å²) in [5.41, 5.74) is 3.15. The van der Waals surface area contributed by atoms with Crippen molar-refractivity contribution in [2.75, 3.05) is 11.9 Å². The van der Waals surface area contributed by atoms with Gasteiger partial charge in [-0.1, -0.05) is 12.1 Å². The van der Waals surface area contributed by atoms with Crippen molar-refractivity contribution in [3.8, 4) is 0 Å². The van der Waals surface area contributed by atoms with E-state index < -0.39 is 0 Å². The highest BCUT2D eigenvalue weighted by molar-refractivity contribution is 5.59. The molecule has 3 nitrogen and oxygen atoms in total. The molecule has 0 amide bonds. The molecular weight excluding hydrogens is 166 g/mol. The van der Waals surface area contributed by atoms with Crippen LogP contribution in [-0.2, 0) is 13.0 Å². The Labute approximate surface area is 77.0 Å². The van der Waals surface area contributed by atoms with E-state index in [1.165, 1.54) is 0 Å². The lowest BCUT2D eigenvalue weighted by molar-refractivity contribution is 0.273. The van der Waals surface area contributed by atoms with Crippen LogP contribution in [0.25, 0.3) is 0 Å². The topological polar surface area (TPSA) is 52.5 Å². The molecule has 1 aliphatic rings. The molecule has 0 spiro atoms. The van der Waals surface area contributed by atoms with E-state index in [0.29, 0.717) is 0 Å². The second-order valence-electron chi connectivity index (χ2n) is 3.33. The van der Waals surface area contributed by atoms with E-state index in [-0.39, 0.29) is 19.3 Å². The molecule has 0 saturated carbocycles. The predicted octanol–water partition coefficient (Wildman–Crippen LogP) is 0.508. The van der Waals surface area contributed by atoms with Gasteiger partial charge in [0.2, 0.25) is 0 Å². The molecule has 0 saturated heterocycles. The van der Waals surface area contributed by atoms with Gasteiger partial charge in [0.1, 0.15) is 0 Å². The summed E-state index contributed by atoms with van der Waals surface area (Å²) >= 11 is 0. The quantitative estimate of drug-likeness (QED) is 0.620. The van der Waals surface area contributed by atoms with Gasteiger partial charge in [0.05, 0.1) is 19.3 Å². The van der Waals surface area contributed by atoms with Gasteiger partial charge < -0.3 is 15.5 Å². The minimum atomic E-state index is 0.0724. The monoisotopic (exact) mass is 179 g/mol. The molecule has 1 unspecified atom stereocenters. The largest absolute Gasteiger partial charge is 0.394 e. The number of rotatable bonds is 2. The summed E-state index contributed by atoms with van der Waals surface area (Å²) in [6.45, 7) is 0.211. The Bertz CT molecular complexity index is 312. The Morgan fingerprint density at radius 1 is 1.38 bits per heavy atom.